The SMILES string of the molecule is CC(C)(C)OC(=O)N1CC(=O)Nc2c(N)cccc21. The van der Waals surface area contributed by atoms with Gasteiger partial charge in [-0.3, -0.25) is 9.69 Å². The highest BCUT2D eigenvalue weighted by Gasteiger charge is 2.31. The Morgan fingerprint density at radius 2 is 2.11 bits per heavy atom. The summed E-state index contributed by atoms with van der Waals surface area (Å²) in [7, 11) is 0. The molecule has 1 aliphatic rings. The number of carbonyl (C=O) groups is 2. The van der Waals surface area contributed by atoms with Gasteiger partial charge in [0.2, 0.25) is 5.91 Å². The fraction of sp³-hybridized carbons (Fsp3) is 0.385. The van der Waals surface area contributed by atoms with Gasteiger partial charge in [0.15, 0.2) is 0 Å². The van der Waals surface area contributed by atoms with Crippen molar-refractivity contribution >= 4 is 29.1 Å². The van der Waals surface area contributed by atoms with Crippen LogP contribution in [0.15, 0.2) is 18.2 Å². The van der Waals surface area contributed by atoms with E-state index in [0.717, 1.165) is 0 Å². The minimum Gasteiger partial charge on any atom is -0.443 e. The highest BCUT2D eigenvalue weighted by Crippen LogP contribution is 2.34. The van der Waals surface area contributed by atoms with Gasteiger partial charge >= 0.3 is 6.09 Å². The van der Waals surface area contributed by atoms with Crippen molar-refractivity contribution in [3.05, 3.63) is 18.2 Å². The van der Waals surface area contributed by atoms with E-state index in [1.54, 1.807) is 39.0 Å². The molecule has 1 aromatic carbocycles. The largest absolute Gasteiger partial charge is 0.443 e. The van der Waals surface area contributed by atoms with Crippen LogP contribution in [0.5, 0.6) is 0 Å². The molecule has 1 aromatic rings. The second kappa shape index (κ2) is 4.46. The first-order chi connectivity index (χ1) is 8.78. The van der Waals surface area contributed by atoms with Crippen LogP contribution in [-0.4, -0.2) is 24.1 Å². The van der Waals surface area contributed by atoms with Crippen LogP contribution in [0.25, 0.3) is 0 Å². The van der Waals surface area contributed by atoms with Gasteiger partial charge in [-0.15, -0.1) is 0 Å². The van der Waals surface area contributed by atoms with E-state index in [0.29, 0.717) is 17.1 Å². The van der Waals surface area contributed by atoms with Gasteiger partial charge in [0.05, 0.1) is 17.1 Å². The molecule has 6 nitrogen and oxygen atoms in total. The molecule has 102 valence electrons. The van der Waals surface area contributed by atoms with E-state index in [1.165, 1.54) is 4.90 Å². The third-order valence-electron chi connectivity index (χ3n) is 2.55. The maximum absolute atomic E-state index is 12.1. The second-order valence-electron chi connectivity index (χ2n) is 5.36. The van der Waals surface area contributed by atoms with E-state index in [2.05, 4.69) is 5.32 Å². The van der Waals surface area contributed by atoms with Gasteiger partial charge in [0.25, 0.3) is 0 Å². The summed E-state index contributed by atoms with van der Waals surface area (Å²) >= 11 is 0. The van der Waals surface area contributed by atoms with Crippen molar-refractivity contribution in [3.8, 4) is 0 Å². The molecule has 3 N–H and O–H groups in total. The van der Waals surface area contributed by atoms with E-state index < -0.39 is 11.7 Å². The van der Waals surface area contributed by atoms with Crippen LogP contribution in [0.3, 0.4) is 0 Å². The molecule has 0 fully saturated rings. The zero-order valence-corrected chi connectivity index (χ0v) is 11.2. The zero-order chi connectivity index (χ0) is 14.2. The highest BCUT2D eigenvalue weighted by atomic mass is 16.6. The van der Waals surface area contributed by atoms with E-state index in [4.69, 9.17) is 10.5 Å². The number of rotatable bonds is 0. The molecule has 2 rings (SSSR count). The molecule has 6 heteroatoms. The number of benzene rings is 1. The van der Waals surface area contributed by atoms with Crippen LogP contribution in [0.4, 0.5) is 21.9 Å². The number of para-hydroxylation sites is 1. The first kappa shape index (κ1) is 13.2. The molecule has 0 saturated heterocycles. The lowest BCUT2D eigenvalue weighted by Gasteiger charge is -2.31. The summed E-state index contributed by atoms with van der Waals surface area (Å²) in [6.45, 7) is 5.24. The maximum atomic E-state index is 12.1. The Bertz CT molecular complexity index is 534. The van der Waals surface area contributed by atoms with E-state index in [1.807, 2.05) is 0 Å². The molecule has 0 radical (unpaired) electrons. The fourth-order valence-electron chi connectivity index (χ4n) is 1.81. The van der Waals surface area contributed by atoms with Crippen LogP contribution >= 0.6 is 0 Å². The lowest BCUT2D eigenvalue weighted by molar-refractivity contribution is -0.115. The number of hydrogen-bond acceptors (Lipinski definition) is 4. The normalized spacial score (nSPS) is 14.7. The van der Waals surface area contributed by atoms with Crippen LogP contribution in [0.1, 0.15) is 20.8 Å². The summed E-state index contributed by atoms with van der Waals surface area (Å²) in [6, 6.07) is 5.11. The van der Waals surface area contributed by atoms with Gasteiger partial charge in [0.1, 0.15) is 12.1 Å². The number of hydrogen-bond donors (Lipinski definition) is 2. The Morgan fingerprint density at radius 1 is 1.42 bits per heavy atom. The van der Waals surface area contributed by atoms with Crippen LogP contribution in [0.2, 0.25) is 0 Å². The molecular weight excluding hydrogens is 246 g/mol. The predicted octanol–water partition coefficient (Wildman–Crippen LogP) is 1.96. The Hall–Kier alpha value is -2.24. The molecule has 2 amide bonds. The van der Waals surface area contributed by atoms with Gasteiger partial charge in [0, 0.05) is 0 Å². The monoisotopic (exact) mass is 263 g/mol. The Morgan fingerprint density at radius 3 is 2.74 bits per heavy atom. The van der Waals surface area contributed by atoms with E-state index in [-0.39, 0.29) is 12.5 Å². The van der Waals surface area contributed by atoms with Crippen molar-refractivity contribution in [1.29, 1.82) is 0 Å². The molecule has 1 aliphatic heterocycles. The summed E-state index contributed by atoms with van der Waals surface area (Å²) in [5.74, 6) is -0.295. The number of anilines is 3. The van der Waals surface area contributed by atoms with Crippen molar-refractivity contribution in [1.82, 2.24) is 0 Å². The Labute approximate surface area is 111 Å². The minimum absolute atomic E-state index is 0.0780. The topological polar surface area (TPSA) is 84.7 Å². The molecule has 0 aromatic heterocycles. The Kier molecular flexibility index (Phi) is 3.09. The van der Waals surface area contributed by atoms with Gasteiger partial charge < -0.3 is 15.8 Å². The van der Waals surface area contributed by atoms with E-state index in [9.17, 15) is 9.59 Å². The smallest absolute Gasteiger partial charge is 0.415 e. The maximum Gasteiger partial charge on any atom is 0.415 e. The lowest BCUT2D eigenvalue weighted by Crippen LogP contribution is -2.44. The van der Waals surface area contributed by atoms with Crippen LogP contribution < -0.4 is 16.0 Å². The van der Waals surface area contributed by atoms with Gasteiger partial charge in [-0.2, -0.15) is 0 Å². The number of carbonyl (C=O) groups excluding carboxylic acids is 2. The second-order valence-corrected chi connectivity index (χ2v) is 5.36. The average molecular weight is 263 g/mol. The van der Waals surface area contributed by atoms with E-state index >= 15 is 0 Å². The Balaban J connectivity index is 2.36. The molecule has 19 heavy (non-hydrogen) atoms. The standard InChI is InChI=1S/C13H17N3O3/c1-13(2,3)19-12(18)16-7-10(17)15-11-8(14)5-4-6-9(11)16/h4-6H,7,14H2,1-3H3,(H,15,17). The number of ether oxygens (including phenoxy) is 1. The lowest BCUT2D eigenvalue weighted by atomic mass is 10.1. The summed E-state index contributed by atoms with van der Waals surface area (Å²) in [4.78, 5) is 25.0. The number of amides is 2. The molecule has 0 aliphatic carbocycles. The summed E-state index contributed by atoms with van der Waals surface area (Å²) in [5, 5.41) is 2.66. The summed E-state index contributed by atoms with van der Waals surface area (Å²) < 4.78 is 5.29. The third kappa shape index (κ3) is 2.78. The summed E-state index contributed by atoms with van der Waals surface area (Å²) in [5.41, 5.74) is 6.59. The average Bonchev–Trinajstić information content (AvgIpc) is 2.27. The van der Waals surface area contributed by atoms with Crippen LogP contribution in [0, 0.1) is 0 Å². The summed E-state index contributed by atoms with van der Waals surface area (Å²) in [6.07, 6.45) is -0.561. The molecular formula is C13H17N3O3. The molecule has 0 bridgehead atoms. The quantitative estimate of drug-likeness (QED) is 0.701. The number of fused-ring (bicyclic) bond motifs is 1. The van der Waals surface area contributed by atoms with Crippen molar-refractivity contribution in [3.63, 3.8) is 0 Å². The molecule has 1 heterocycles. The van der Waals surface area contributed by atoms with Gasteiger partial charge in [-0.1, -0.05) is 6.07 Å². The third-order valence-corrected chi connectivity index (χ3v) is 2.55. The molecule has 0 spiro atoms. The first-order valence-electron chi connectivity index (χ1n) is 5.97. The highest BCUT2D eigenvalue weighted by molar-refractivity contribution is 6.10. The number of nitrogen functional groups attached to an aromatic ring is 1. The minimum atomic E-state index is -0.620. The fourth-order valence-corrected chi connectivity index (χ4v) is 1.81. The zero-order valence-electron chi connectivity index (χ0n) is 11.2. The predicted molar refractivity (Wildman–Crippen MR) is 73.1 cm³/mol. The van der Waals surface area contributed by atoms with Gasteiger partial charge in [-0.25, -0.2) is 4.79 Å². The molecule has 0 unspecified atom stereocenters. The number of nitrogens with two attached hydrogens (primary N) is 1. The molecule has 0 atom stereocenters. The van der Waals surface area contributed by atoms with Crippen molar-refractivity contribution in [2.45, 2.75) is 26.4 Å². The van der Waals surface area contributed by atoms with Crippen molar-refractivity contribution in [2.75, 3.05) is 22.5 Å². The number of nitrogens with zero attached hydrogens (tertiary/aromatic N) is 1. The first-order valence-corrected chi connectivity index (χ1v) is 5.97. The van der Waals surface area contributed by atoms with Crippen molar-refractivity contribution < 1.29 is 14.3 Å². The molecule has 0 saturated carbocycles. The van der Waals surface area contributed by atoms with Gasteiger partial charge in [-0.05, 0) is 32.9 Å². The number of nitrogens with one attached hydrogen (secondary N) is 1. The van der Waals surface area contributed by atoms with Crippen molar-refractivity contribution in [2.24, 2.45) is 0 Å². The van der Waals surface area contributed by atoms with Crippen LogP contribution in [-0.2, 0) is 9.53 Å².